The van der Waals surface area contributed by atoms with E-state index in [1.54, 1.807) is 6.08 Å². The van der Waals surface area contributed by atoms with Crippen LogP contribution in [0.3, 0.4) is 0 Å². The Balaban J connectivity index is 2.11. The second-order valence-corrected chi connectivity index (χ2v) is 4.67. The molecule has 4 heteroatoms. The normalized spacial score (nSPS) is 35.6. The van der Waals surface area contributed by atoms with Crippen LogP contribution in [0, 0.1) is 0 Å². The van der Waals surface area contributed by atoms with Crippen LogP contribution in [0.25, 0.3) is 0 Å². The molecule has 0 bridgehead atoms. The highest BCUT2D eigenvalue weighted by Crippen LogP contribution is 2.40. The molecule has 0 spiro atoms. The first-order valence-corrected chi connectivity index (χ1v) is 6.39. The molecule has 4 nitrogen and oxygen atoms in total. The molecular weight excluding hydrogens is 232 g/mol. The van der Waals surface area contributed by atoms with Gasteiger partial charge in [-0.05, 0) is 17.6 Å². The summed E-state index contributed by atoms with van der Waals surface area (Å²) < 4.78 is 5.20. The summed E-state index contributed by atoms with van der Waals surface area (Å²) in [5.74, 6) is 0. The lowest BCUT2D eigenvalue weighted by atomic mass is 9.87. The first-order valence-electron chi connectivity index (χ1n) is 6.39. The van der Waals surface area contributed by atoms with Gasteiger partial charge in [-0.2, -0.15) is 0 Å². The monoisotopic (exact) mass is 252 g/mol. The van der Waals surface area contributed by atoms with Crippen LogP contribution >= 0.6 is 0 Å². The number of hydrogen-bond acceptors (Lipinski definition) is 4. The zero-order valence-electron chi connectivity index (χ0n) is 10.5. The summed E-state index contributed by atoms with van der Waals surface area (Å²) in [7, 11) is 0. The molecule has 0 saturated carbocycles. The number of aliphatic hydroxyl groups excluding tert-OH is 3. The Kier molecular flexibility index (Phi) is 4.35. The Morgan fingerprint density at radius 1 is 1.17 bits per heavy atom. The lowest BCUT2D eigenvalue weighted by Gasteiger charge is -2.23. The molecule has 4 unspecified atom stereocenters. The van der Waals surface area contributed by atoms with Crippen molar-refractivity contribution < 1.29 is 20.1 Å². The molecule has 2 aliphatic rings. The van der Waals surface area contributed by atoms with Crippen LogP contribution < -0.4 is 0 Å². The van der Waals surface area contributed by atoms with Gasteiger partial charge in [0, 0.05) is 0 Å². The van der Waals surface area contributed by atoms with Gasteiger partial charge in [-0.3, -0.25) is 0 Å². The summed E-state index contributed by atoms with van der Waals surface area (Å²) >= 11 is 0. The lowest BCUT2D eigenvalue weighted by Crippen LogP contribution is -2.35. The number of hydrogen-bond donors (Lipinski definition) is 3. The van der Waals surface area contributed by atoms with Crippen molar-refractivity contribution in [1.82, 2.24) is 0 Å². The van der Waals surface area contributed by atoms with Crippen molar-refractivity contribution in [1.29, 1.82) is 0 Å². The Morgan fingerprint density at radius 2 is 1.89 bits per heavy atom. The molecule has 0 aromatic rings. The fourth-order valence-electron chi connectivity index (χ4n) is 2.27. The second kappa shape index (κ2) is 5.80. The minimum atomic E-state index is -0.803. The van der Waals surface area contributed by atoms with Crippen LogP contribution in [-0.2, 0) is 4.74 Å². The average molecular weight is 252 g/mol. The summed E-state index contributed by atoms with van der Waals surface area (Å²) in [6.45, 7) is 1.84. The number of aliphatic hydroxyl groups is 3. The Morgan fingerprint density at radius 3 is 2.56 bits per heavy atom. The van der Waals surface area contributed by atoms with Crippen LogP contribution in [0.4, 0.5) is 0 Å². The van der Waals surface area contributed by atoms with Crippen LogP contribution in [0.2, 0.25) is 0 Å². The van der Waals surface area contributed by atoms with E-state index in [1.165, 1.54) is 0 Å². The van der Waals surface area contributed by atoms with E-state index in [0.29, 0.717) is 11.1 Å². The minimum Gasteiger partial charge on any atom is -0.392 e. The smallest absolute Gasteiger partial charge is 0.117 e. The predicted molar refractivity (Wildman–Crippen MR) is 68.0 cm³/mol. The number of unbranched alkanes of at least 4 members (excludes halogenated alkanes) is 1. The fraction of sp³-hybridized carbons (Fsp3) is 0.571. The molecule has 1 heterocycles. The van der Waals surface area contributed by atoms with E-state index in [9.17, 15) is 15.3 Å². The zero-order valence-corrected chi connectivity index (χ0v) is 10.5. The second-order valence-electron chi connectivity index (χ2n) is 4.67. The highest BCUT2D eigenvalue weighted by molar-refractivity contribution is 5.40. The SMILES string of the molecule is CCCC=CC=CC1=C(CO)C(O)C2OC2C1O. The fourth-order valence-corrected chi connectivity index (χ4v) is 2.27. The van der Waals surface area contributed by atoms with Gasteiger partial charge in [-0.1, -0.05) is 37.6 Å². The number of ether oxygens (including phenoxy) is 1. The van der Waals surface area contributed by atoms with Crippen LogP contribution in [0.15, 0.2) is 35.5 Å². The van der Waals surface area contributed by atoms with Gasteiger partial charge in [0.2, 0.25) is 0 Å². The van der Waals surface area contributed by atoms with Crippen LogP contribution in [0.1, 0.15) is 19.8 Å². The first-order chi connectivity index (χ1) is 8.70. The zero-order chi connectivity index (χ0) is 13.1. The maximum Gasteiger partial charge on any atom is 0.117 e. The summed E-state index contributed by atoms with van der Waals surface area (Å²) in [6, 6.07) is 0. The van der Waals surface area contributed by atoms with E-state index < -0.39 is 12.2 Å². The lowest BCUT2D eigenvalue weighted by molar-refractivity contribution is 0.141. The van der Waals surface area contributed by atoms with Gasteiger partial charge in [-0.25, -0.2) is 0 Å². The number of rotatable bonds is 5. The molecule has 100 valence electrons. The van der Waals surface area contributed by atoms with Gasteiger partial charge in [0.1, 0.15) is 24.4 Å². The summed E-state index contributed by atoms with van der Waals surface area (Å²) in [6.07, 6.45) is 7.37. The molecule has 0 aromatic heterocycles. The highest BCUT2D eigenvalue weighted by Gasteiger charge is 2.54. The standard InChI is InChI=1S/C14H20O4/c1-2-3-4-5-6-7-9-10(8-15)12(17)14-13(18-14)11(9)16/h4-7,11-17H,2-3,8H2,1H3. The van der Waals surface area contributed by atoms with Crippen molar-refractivity contribution in [2.24, 2.45) is 0 Å². The molecule has 1 saturated heterocycles. The largest absolute Gasteiger partial charge is 0.392 e. The van der Waals surface area contributed by atoms with Crippen molar-refractivity contribution in [2.45, 2.75) is 44.2 Å². The van der Waals surface area contributed by atoms with E-state index in [2.05, 4.69) is 6.92 Å². The number of fused-ring (bicyclic) bond motifs is 1. The highest BCUT2D eigenvalue weighted by atomic mass is 16.6. The van der Waals surface area contributed by atoms with Crippen molar-refractivity contribution >= 4 is 0 Å². The van der Waals surface area contributed by atoms with Gasteiger partial charge in [0.15, 0.2) is 0 Å². The summed E-state index contributed by atoms with van der Waals surface area (Å²) in [5, 5.41) is 29.2. The van der Waals surface area contributed by atoms with E-state index in [1.807, 2.05) is 18.2 Å². The third-order valence-electron chi connectivity index (χ3n) is 3.38. The Hall–Kier alpha value is -0.940. The van der Waals surface area contributed by atoms with Gasteiger partial charge in [-0.15, -0.1) is 0 Å². The molecule has 4 atom stereocenters. The van der Waals surface area contributed by atoms with Crippen molar-refractivity contribution in [3.05, 3.63) is 35.5 Å². The molecule has 0 amide bonds. The number of allylic oxidation sites excluding steroid dienone is 3. The topological polar surface area (TPSA) is 73.2 Å². The molecule has 3 N–H and O–H groups in total. The van der Waals surface area contributed by atoms with Gasteiger partial charge >= 0.3 is 0 Å². The summed E-state index contributed by atoms with van der Waals surface area (Å²) in [5.41, 5.74) is 1.03. The van der Waals surface area contributed by atoms with Crippen LogP contribution in [-0.4, -0.2) is 46.3 Å². The quantitative estimate of drug-likeness (QED) is 0.497. The van der Waals surface area contributed by atoms with Crippen LogP contribution in [0.5, 0.6) is 0 Å². The molecule has 1 aliphatic heterocycles. The molecular formula is C14H20O4. The molecule has 18 heavy (non-hydrogen) atoms. The Bertz CT molecular complexity index is 383. The third kappa shape index (κ3) is 2.57. The van der Waals surface area contributed by atoms with Crippen molar-refractivity contribution in [2.75, 3.05) is 6.61 Å². The maximum atomic E-state index is 10.0. The van der Waals surface area contributed by atoms with E-state index in [0.717, 1.165) is 12.8 Å². The van der Waals surface area contributed by atoms with Gasteiger partial charge in [0.05, 0.1) is 6.61 Å². The minimum absolute atomic E-state index is 0.261. The van der Waals surface area contributed by atoms with E-state index in [-0.39, 0.29) is 18.8 Å². The molecule has 1 fully saturated rings. The molecule has 0 aromatic carbocycles. The van der Waals surface area contributed by atoms with Crippen molar-refractivity contribution in [3.8, 4) is 0 Å². The maximum absolute atomic E-state index is 10.0. The van der Waals surface area contributed by atoms with E-state index in [4.69, 9.17) is 4.74 Å². The Labute approximate surface area is 107 Å². The molecule has 2 rings (SSSR count). The van der Waals surface area contributed by atoms with Gasteiger partial charge < -0.3 is 20.1 Å². The van der Waals surface area contributed by atoms with E-state index >= 15 is 0 Å². The van der Waals surface area contributed by atoms with Gasteiger partial charge in [0.25, 0.3) is 0 Å². The third-order valence-corrected chi connectivity index (χ3v) is 3.38. The number of epoxide rings is 1. The predicted octanol–water partition coefficient (Wildman–Crippen LogP) is 0.691. The summed E-state index contributed by atoms with van der Waals surface area (Å²) in [4.78, 5) is 0. The average Bonchev–Trinajstić information content (AvgIpc) is 3.15. The molecule has 1 aliphatic carbocycles. The first kappa shape index (κ1) is 13.5. The van der Waals surface area contributed by atoms with Crippen molar-refractivity contribution in [3.63, 3.8) is 0 Å². The molecule has 0 radical (unpaired) electrons.